The van der Waals surface area contributed by atoms with Crippen LogP contribution < -0.4 is 4.74 Å². The fraction of sp³-hybridized carbons (Fsp3) is 0.235. The van der Waals surface area contributed by atoms with Crippen molar-refractivity contribution in [1.82, 2.24) is 0 Å². The topological polar surface area (TPSA) is 26.3 Å². The van der Waals surface area contributed by atoms with E-state index in [9.17, 15) is 4.79 Å². The zero-order valence-corrected chi connectivity index (χ0v) is 11.3. The SMILES string of the molecule is CCCc1ccccc1OC(=O)c1cccc(C)c1. The van der Waals surface area contributed by atoms with Gasteiger partial charge in [-0.05, 0) is 37.1 Å². The van der Waals surface area contributed by atoms with Crippen LogP contribution in [-0.4, -0.2) is 5.97 Å². The van der Waals surface area contributed by atoms with Crippen LogP contribution in [0.25, 0.3) is 0 Å². The molecule has 0 spiro atoms. The average Bonchev–Trinajstić information content (AvgIpc) is 2.41. The number of benzene rings is 2. The molecule has 0 heterocycles. The van der Waals surface area contributed by atoms with Crippen LogP contribution in [0.3, 0.4) is 0 Å². The van der Waals surface area contributed by atoms with Gasteiger partial charge in [-0.25, -0.2) is 4.79 Å². The number of para-hydroxylation sites is 1. The summed E-state index contributed by atoms with van der Waals surface area (Å²) in [5.41, 5.74) is 2.72. The number of carbonyl (C=O) groups is 1. The van der Waals surface area contributed by atoms with Gasteiger partial charge in [0.1, 0.15) is 5.75 Å². The van der Waals surface area contributed by atoms with Crippen LogP contribution in [0.2, 0.25) is 0 Å². The lowest BCUT2D eigenvalue weighted by Gasteiger charge is -2.09. The third-order valence-electron chi connectivity index (χ3n) is 2.95. The van der Waals surface area contributed by atoms with Gasteiger partial charge in [-0.3, -0.25) is 0 Å². The van der Waals surface area contributed by atoms with Crippen LogP contribution in [0.1, 0.15) is 34.8 Å². The number of hydrogen-bond acceptors (Lipinski definition) is 2. The average molecular weight is 254 g/mol. The first-order valence-electron chi connectivity index (χ1n) is 6.57. The summed E-state index contributed by atoms with van der Waals surface area (Å²) in [5.74, 6) is 0.364. The molecule has 98 valence electrons. The van der Waals surface area contributed by atoms with Gasteiger partial charge in [-0.1, -0.05) is 49.2 Å². The quantitative estimate of drug-likeness (QED) is 0.604. The number of ether oxygens (including phenoxy) is 1. The normalized spacial score (nSPS) is 10.2. The first-order valence-corrected chi connectivity index (χ1v) is 6.57. The predicted octanol–water partition coefficient (Wildman–Crippen LogP) is 4.17. The monoisotopic (exact) mass is 254 g/mol. The van der Waals surface area contributed by atoms with Crippen LogP contribution in [0, 0.1) is 6.92 Å². The summed E-state index contributed by atoms with van der Waals surface area (Å²) in [6.45, 7) is 4.07. The van der Waals surface area contributed by atoms with Crippen LogP contribution in [0.15, 0.2) is 48.5 Å². The summed E-state index contributed by atoms with van der Waals surface area (Å²) in [6.07, 6.45) is 1.94. The third-order valence-corrected chi connectivity index (χ3v) is 2.95. The Morgan fingerprint density at radius 2 is 1.89 bits per heavy atom. The number of hydrogen-bond donors (Lipinski definition) is 0. The molecule has 0 atom stereocenters. The molecule has 2 rings (SSSR count). The molecule has 0 radical (unpaired) electrons. The van der Waals surface area contributed by atoms with Crippen molar-refractivity contribution in [2.45, 2.75) is 26.7 Å². The number of aryl methyl sites for hydroxylation is 2. The number of carbonyl (C=O) groups excluding carboxylic acids is 1. The molecule has 0 aliphatic heterocycles. The Labute approximate surface area is 114 Å². The van der Waals surface area contributed by atoms with Crippen molar-refractivity contribution < 1.29 is 9.53 Å². The van der Waals surface area contributed by atoms with E-state index in [1.54, 1.807) is 6.07 Å². The van der Waals surface area contributed by atoms with E-state index in [0.717, 1.165) is 24.0 Å². The first-order chi connectivity index (χ1) is 9.20. The van der Waals surface area contributed by atoms with E-state index in [1.807, 2.05) is 49.4 Å². The standard InChI is InChI=1S/C17H18O2/c1-3-7-14-9-4-5-11-16(14)19-17(18)15-10-6-8-13(2)12-15/h4-6,8-12H,3,7H2,1-2H3. The first kappa shape index (κ1) is 13.3. The Morgan fingerprint density at radius 1 is 1.11 bits per heavy atom. The van der Waals surface area contributed by atoms with Crippen LogP contribution in [0.5, 0.6) is 5.75 Å². The second-order valence-corrected chi connectivity index (χ2v) is 4.62. The Bertz CT molecular complexity index is 573. The molecule has 0 saturated carbocycles. The van der Waals surface area contributed by atoms with Gasteiger partial charge in [0.2, 0.25) is 0 Å². The van der Waals surface area contributed by atoms with E-state index in [0.29, 0.717) is 11.3 Å². The lowest BCUT2D eigenvalue weighted by Crippen LogP contribution is -2.10. The van der Waals surface area contributed by atoms with Crippen molar-refractivity contribution in [3.63, 3.8) is 0 Å². The zero-order chi connectivity index (χ0) is 13.7. The number of rotatable bonds is 4. The Kier molecular flexibility index (Phi) is 4.35. The van der Waals surface area contributed by atoms with Crippen LogP contribution in [0.4, 0.5) is 0 Å². The minimum absolute atomic E-state index is 0.299. The minimum Gasteiger partial charge on any atom is -0.423 e. The maximum Gasteiger partial charge on any atom is 0.343 e. The van der Waals surface area contributed by atoms with Gasteiger partial charge < -0.3 is 4.74 Å². The molecule has 0 N–H and O–H groups in total. The molecule has 0 amide bonds. The van der Waals surface area contributed by atoms with Gasteiger partial charge in [-0.15, -0.1) is 0 Å². The Hall–Kier alpha value is -2.09. The van der Waals surface area contributed by atoms with Crippen molar-refractivity contribution in [2.24, 2.45) is 0 Å². The molecule has 19 heavy (non-hydrogen) atoms. The van der Waals surface area contributed by atoms with Crippen LogP contribution >= 0.6 is 0 Å². The van der Waals surface area contributed by atoms with Gasteiger partial charge in [0.25, 0.3) is 0 Å². The summed E-state index contributed by atoms with van der Waals surface area (Å²) < 4.78 is 5.50. The summed E-state index contributed by atoms with van der Waals surface area (Å²) >= 11 is 0. The summed E-state index contributed by atoms with van der Waals surface area (Å²) in [4.78, 5) is 12.1. The highest BCUT2D eigenvalue weighted by atomic mass is 16.5. The van der Waals surface area contributed by atoms with Gasteiger partial charge in [0, 0.05) is 0 Å². The fourth-order valence-electron chi connectivity index (χ4n) is 2.01. The molecule has 0 aromatic heterocycles. The van der Waals surface area contributed by atoms with Crippen molar-refractivity contribution >= 4 is 5.97 Å². The van der Waals surface area contributed by atoms with Crippen molar-refractivity contribution in [3.8, 4) is 5.75 Å². The zero-order valence-electron chi connectivity index (χ0n) is 11.3. The molecule has 0 bridgehead atoms. The van der Waals surface area contributed by atoms with E-state index in [2.05, 4.69) is 6.92 Å². The second kappa shape index (κ2) is 6.19. The van der Waals surface area contributed by atoms with Gasteiger partial charge in [-0.2, -0.15) is 0 Å². The molecule has 2 heteroatoms. The molecule has 0 aliphatic carbocycles. The Morgan fingerprint density at radius 3 is 2.63 bits per heavy atom. The molecule has 2 aromatic carbocycles. The summed E-state index contributed by atoms with van der Waals surface area (Å²) in [7, 11) is 0. The smallest absolute Gasteiger partial charge is 0.343 e. The van der Waals surface area contributed by atoms with E-state index in [-0.39, 0.29) is 5.97 Å². The lowest BCUT2D eigenvalue weighted by molar-refractivity contribution is 0.0733. The summed E-state index contributed by atoms with van der Waals surface area (Å²) in [6, 6.07) is 15.1. The minimum atomic E-state index is -0.299. The highest BCUT2D eigenvalue weighted by molar-refractivity contribution is 5.91. The molecule has 0 fully saturated rings. The molecular formula is C17H18O2. The highest BCUT2D eigenvalue weighted by Gasteiger charge is 2.10. The fourth-order valence-corrected chi connectivity index (χ4v) is 2.01. The van der Waals surface area contributed by atoms with Gasteiger partial charge in [0.15, 0.2) is 0 Å². The van der Waals surface area contributed by atoms with E-state index in [1.165, 1.54) is 0 Å². The molecule has 0 aliphatic rings. The van der Waals surface area contributed by atoms with Crippen molar-refractivity contribution in [3.05, 3.63) is 65.2 Å². The maximum atomic E-state index is 12.1. The Balaban J connectivity index is 2.19. The summed E-state index contributed by atoms with van der Waals surface area (Å²) in [5, 5.41) is 0. The molecule has 2 aromatic rings. The van der Waals surface area contributed by atoms with E-state index < -0.39 is 0 Å². The maximum absolute atomic E-state index is 12.1. The predicted molar refractivity (Wildman–Crippen MR) is 76.6 cm³/mol. The van der Waals surface area contributed by atoms with Crippen LogP contribution in [-0.2, 0) is 6.42 Å². The van der Waals surface area contributed by atoms with E-state index >= 15 is 0 Å². The lowest BCUT2D eigenvalue weighted by atomic mass is 10.1. The molecule has 2 nitrogen and oxygen atoms in total. The molecule has 0 unspecified atom stereocenters. The largest absolute Gasteiger partial charge is 0.423 e. The molecular weight excluding hydrogens is 236 g/mol. The molecule has 0 saturated heterocycles. The highest BCUT2D eigenvalue weighted by Crippen LogP contribution is 2.21. The van der Waals surface area contributed by atoms with Gasteiger partial charge >= 0.3 is 5.97 Å². The van der Waals surface area contributed by atoms with Crippen molar-refractivity contribution in [2.75, 3.05) is 0 Å². The van der Waals surface area contributed by atoms with E-state index in [4.69, 9.17) is 4.74 Å². The van der Waals surface area contributed by atoms with Crippen molar-refractivity contribution in [1.29, 1.82) is 0 Å². The van der Waals surface area contributed by atoms with Gasteiger partial charge in [0.05, 0.1) is 5.56 Å². The second-order valence-electron chi connectivity index (χ2n) is 4.62. The third kappa shape index (κ3) is 3.44. The number of esters is 1.